The number of carbonyl (C=O) groups excluding carboxylic acids is 1. The third-order valence-corrected chi connectivity index (χ3v) is 6.40. The Hall–Kier alpha value is -2.15. The first-order valence-corrected chi connectivity index (χ1v) is 11.1. The van der Waals surface area contributed by atoms with Crippen molar-refractivity contribution < 1.29 is 4.79 Å². The van der Waals surface area contributed by atoms with Crippen molar-refractivity contribution in [3.8, 4) is 0 Å². The number of halogens is 1. The molecule has 1 aliphatic carbocycles. The van der Waals surface area contributed by atoms with E-state index < -0.39 is 0 Å². The van der Waals surface area contributed by atoms with Gasteiger partial charge in [-0.3, -0.25) is 9.48 Å². The van der Waals surface area contributed by atoms with Crippen LogP contribution in [0, 0.1) is 0 Å². The number of aromatic nitrogens is 2. The highest BCUT2D eigenvalue weighted by atomic mass is 35.5. The van der Waals surface area contributed by atoms with Gasteiger partial charge >= 0.3 is 0 Å². The van der Waals surface area contributed by atoms with Crippen molar-refractivity contribution in [3.05, 3.63) is 64.5 Å². The summed E-state index contributed by atoms with van der Waals surface area (Å²) in [7, 11) is 2.10. The Balaban J connectivity index is 1.50. The Bertz CT molecular complexity index is 899. The van der Waals surface area contributed by atoms with Gasteiger partial charge in [0, 0.05) is 55.0 Å². The molecule has 1 unspecified atom stereocenters. The molecule has 1 saturated heterocycles. The van der Waals surface area contributed by atoms with Gasteiger partial charge in [-0.05, 0) is 44.0 Å². The molecule has 0 radical (unpaired) electrons. The largest absolute Gasteiger partial charge is 0.335 e. The van der Waals surface area contributed by atoms with E-state index in [2.05, 4.69) is 23.8 Å². The van der Waals surface area contributed by atoms with Gasteiger partial charge < -0.3 is 15.1 Å². The fourth-order valence-corrected chi connectivity index (χ4v) is 4.46. The zero-order valence-corrected chi connectivity index (χ0v) is 18.4. The van der Waals surface area contributed by atoms with Gasteiger partial charge in [-0.2, -0.15) is 5.10 Å². The summed E-state index contributed by atoms with van der Waals surface area (Å²) in [6.07, 6.45) is 4.63. The lowest BCUT2D eigenvalue weighted by Gasteiger charge is -2.32. The lowest BCUT2D eigenvalue weighted by molar-refractivity contribution is 0.0656. The molecular formula is C23H30ClN5O. The molecule has 160 valence electrons. The maximum atomic E-state index is 13.3. The molecule has 6 nitrogen and oxygen atoms in total. The number of allylic oxidation sites excluding steroid dienone is 1. The van der Waals surface area contributed by atoms with Crippen LogP contribution in [-0.4, -0.2) is 64.8 Å². The van der Waals surface area contributed by atoms with Crippen molar-refractivity contribution in [2.75, 3.05) is 33.2 Å². The van der Waals surface area contributed by atoms with E-state index in [1.54, 1.807) is 0 Å². The number of nitrogens with one attached hydrogen (secondary N) is 1. The minimum atomic E-state index is 0.0699. The zero-order chi connectivity index (χ0) is 21.1. The number of likely N-dealkylation sites (N-methyl/N-ethyl adjacent to an activating group) is 1. The van der Waals surface area contributed by atoms with Crippen LogP contribution >= 0.6 is 11.6 Å². The topological polar surface area (TPSA) is 53.4 Å². The number of amides is 1. The van der Waals surface area contributed by atoms with E-state index in [1.807, 2.05) is 39.9 Å². The van der Waals surface area contributed by atoms with Gasteiger partial charge in [0.25, 0.3) is 5.91 Å². The number of carbonyl (C=O) groups is 1. The third kappa shape index (κ3) is 4.61. The molecule has 7 heteroatoms. The average Bonchev–Trinajstić information content (AvgIpc) is 3.11. The van der Waals surface area contributed by atoms with Crippen LogP contribution in [0.5, 0.6) is 0 Å². The van der Waals surface area contributed by atoms with Gasteiger partial charge in [-0.15, -0.1) is 6.58 Å². The van der Waals surface area contributed by atoms with Crippen LogP contribution in [0.15, 0.2) is 36.9 Å². The summed E-state index contributed by atoms with van der Waals surface area (Å²) in [6, 6.07) is 8.27. The first-order chi connectivity index (χ1) is 14.5. The van der Waals surface area contributed by atoms with Gasteiger partial charge in [-0.1, -0.05) is 29.8 Å². The monoisotopic (exact) mass is 427 g/mol. The van der Waals surface area contributed by atoms with Crippen molar-refractivity contribution in [3.63, 3.8) is 0 Å². The van der Waals surface area contributed by atoms with Gasteiger partial charge in [0.2, 0.25) is 0 Å². The Kier molecular flexibility index (Phi) is 6.56. The minimum Gasteiger partial charge on any atom is -0.335 e. The number of fused-ring (bicyclic) bond motifs is 1. The molecule has 1 aromatic heterocycles. The molecule has 0 bridgehead atoms. The first kappa shape index (κ1) is 21.1. The highest BCUT2D eigenvalue weighted by Crippen LogP contribution is 2.26. The second-order valence-electron chi connectivity index (χ2n) is 8.29. The Morgan fingerprint density at radius 1 is 1.27 bits per heavy atom. The molecule has 4 rings (SSSR count). The summed E-state index contributed by atoms with van der Waals surface area (Å²) in [6.45, 7) is 8.63. The third-order valence-electron chi connectivity index (χ3n) is 6.15. The quantitative estimate of drug-likeness (QED) is 0.720. The Labute approximate surface area is 183 Å². The molecule has 1 aromatic carbocycles. The standard InChI is InChI=1S/C23H30ClN5O/c1-3-10-29-21-9-8-19(25-16-17-4-6-18(24)7-5-17)15-20(21)22(26-29)23(30)28-13-11-27(2)12-14-28/h3-7,19,25H,1,8-16H2,2H3. The van der Waals surface area contributed by atoms with E-state index in [0.717, 1.165) is 62.6 Å². The van der Waals surface area contributed by atoms with Gasteiger partial charge in [0.05, 0.1) is 6.54 Å². The molecular weight excluding hydrogens is 398 g/mol. The number of benzene rings is 1. The van der Waals surface area contributed by atoms with Gasteiger partial charge in [-0.25, -0.2) is 0 Å². The van der Waals surface area contributed by atoms with E-state index in [9.17, 15) is 4.79 Å². The lowest BCUT2D eigenvalue weighted by atomic mass is 9.90. The smallest absolute Gasteiger partial charge is 0.274 e. The number of hydrogen-bond acceptors (Lipinski definition) is 4. The predicted octanol–water partition coefficient (Wildman–Crippen LogP) is 2.76. The average molecular weight is 428 g/mol. The van der Waals surface area contributed by atoms with Crippen LogP contribution in [0.25, 0.3) is 0 Å². The van der Waals surface area contributed by atoms with Crippen LogP contribution in [0.2, 0.25) is 5.02 Å². The maximum Gasteiger partial charge on any atom is 0.274 e. The van der Waals surface area contributed by atoms with Gasteiger partial charge in [0.1, 0.15) is 0 Å². The summed E-state index contributed by atoms with van der Waals surface area (Å²) in [5.41, 5.74) is 4.15. The maximum absolute atomic E-state index is 13.3. The van der Waals surface area contributed by atoms with Crippen LogP contribution in [0.4, 0.5) is 0 Å². The van der Waals surface area contributed by atoms with Gasteiger partial charge in [0.15, 0.2) is 5.69 Å². The second-order valence-corrected chi connectivity index (χ2v) is 8.72. The van der Waals surface area contributed by atoms with E-state index >= 15 is 0 Å². The summed E-state index contributed by atoms with van der Waals surface area (Å²) < 4.78 is 1.97. The number of rotatable bonds is 6. The van der Waals surface area contributed by atoms with E-state index in [-0.39, 0.29) is 5.91 Å². The fourth-order valence-electron chi connectivity index (χ4n) is 4.33. The normalized spacial score (nSPS) is 19.5. The molecule has 2 heterocycles. The van der Waals surface area contributed by atoms with Crippen LogP contribution in [-0.2, 0) is 25.9 Å². The van der Waals surface area contributed by atoms with Crippen LogP contribution in [0.3, 0.4) is 0 Å². The molecule has 1 N–H and O–H groups in total. The lowest BCUT2D eigenvalue weighted by Crippen LogP contribution is -2.47. The van der Waals surface area contributed by atoms with Crippen molar-refractivity contribution >= 4 is 17.5 Å². The molecule has 1 amide bonds. The molecule has 0 saturated carbocycles. The van der Waals surface area contributed by atoms with Crippen molar-refractivity contribution in [2.45, 2.75) is 38.4 Å². The summed E-state index contributed by atoms with van der Waals surface area (Å²) >= 11 is 5.99. The molecule has 30 heavy (non-hydrogen) atoms. The minimum absolute atomic E-state index is 0.0699. The van der Waals surface area contributed by atoms with E-state index in [0.29, 0.717) is 18.3 Å². The highest BCUT2D eigenvalue weighted by molar-refractivity contribution is 6.30. The summed E-state index contributed by atoms with van der Waals surface area (Å²) in [5.74, 6) is 0.0699. The summed E-state index contributed by atoms with van der Waals surface area (Å²) in [4.78, 5) is 17.5. The highest BCUT2D eigenvalue weighted by Gasteiger charge is 2.31. The zero-order valence-electron chi connectivity index (χ0n) is 17.6. The molecule has 1 atom stereocenters. The van der Waals surface area contributed by atoms with Crippen molar-refractivity contribution in [1.82, 2.24) is 24.9 Å². The second kappa shape index (κ2) is 9.33. The fraction of sp³-hybridized carbons (Fsp3) is 0.478. The Morgan fingerprint density at radius 3 is 2.70 bits per heavy atom. The number of hydrogen-bond donors (Lipinski definition) is 1. The molecule has 0 spiro atoms. The molecule has 1 fully saturated rings. The first-order valence-electron chi connectivity index (χ1n) is 10.7. The van der Waals surface area contributed by atoms with E-state index in [1.165, 1.54) is 11.3 Å². The molecule has 2 aromatic rings. The molecule has 1 aliphatic heterocycles. The summed E-state index contributed by atoms with van der Waals surface area (Å²) in [5, 5.41) is 9.15. The van der Waals surface area contributed by atoms with Crippen molar-refractivity contribution in [2.24, 2.45) is 0 Å². The van der Waals surface area contributed by atoms with E-state index in [4.69, 9.17) is 16.7 Å². The number of piperazine rings is 1. The van der Waals surface area contributed by atoms with Crippen LogP contribution < -0.4 is 5.32 Å². The Morgan fingerprint density at radius 2 is 2.00 bits per heavy atom. The SMILES string of the molecule is C=CCn1nc(C(=O)N2CCN(C)CC2)c2c1CCC(NCc1ccc(Cl)cc1)C2. The molecule has 2 aliphatic rings. The van der Waals surface area contributed by atoms with Crippen molar-refractivity contribution in [1.29, 1.82) is 0 Å². The van der Waals surface area contributed by atoms with Crippen LogP contribution in [0.1, 0.15) is 33.7 Å². The number of nitrogens with zero attached hydrogens (tertiary/aromatic N) is 4. The predicted molar refractivity (Wildman–Crippen MR) is 120 cm³/mol.